The highest BCUT2D eigenvalue weighted by Crippen LogP contribution is 2.59. The Labute approximate surface area is 160 Å². The molecular formula is C22H15F2N3O. The second-order valence-electron chi connectivity index (χ2n) is 7.09. The molecule has 2 aromatic carbocycles. The molecule has 2 heterocycles. The van der Waals surface area contributed by atoms with E-state index < -0.39 is 35.1 Å². The van der Waals surface area contributed by atoms with Crippen LogP contribution in [0.4, 0.5) is 8.78 Å². The molecule has 0 amide bonds. The first-order chi connectivity index (χ1) is 13.4. The molecule has 138 valence electrons. The SMILES string of the molecule is CC(=O)[C@@H]1[C@@H](c2ccc(F)cc2F)C(C#N)(C#N)C2c3ccccc3C=CN21. The van der Waals surface area contributed by atoms with Gasteiger partial charge in [-0.2, -0.15) is 10.5 Å². The number of Topliss-reactive ketones (excluding diaryl/α,β-unsaturated/α-hetero) is 1. The molecule has 6 heteroatoms. The highest BCUT2D eigenvalue weighted by atomic mass is 19.1. The minimum atomic E-state index is -1.73. The van der Waals surface area contributed by atoms with Gasteiger partial charge in [0.1, 0.15) is 11.6 Å². The van der Waals surface area contributed by atoms with E-state index in [-0.39, 0.29) is 11.3 Å². The number of nitrogens with zero attached hydrogens (tertiary/aromatic N) is 3. The Kier molecular flexibility index (Phi) is 4.01. The lowest BCUT2D eigenvalue weighted by molar-refractivity contribution is -0.121. The molecule has 0 radical (unpaired) electrons. The molecule has 4 rings (SSSR count). The Morgan fingerprint density at radius 2 is 1.82 bits per heavy atom. The summed E-state index contributed by atoms with van der Waals surface area (Å²) in [7, 11) is 0. The van der Waals surface area contributed by atoms with Gasteiger partial charge >= 0.3 is 0 Å². The Hall–Kier alpha value is -3.51. The van der Waals surface area contributed by atoms with Crippen LogP contribution in [0.15, 0.2) is 48.7 Å². The van der Waals surface area contributed by atoms with Gasteiger partial charge in [-0.15, -0.1) is 0 Å². The smallest absolute Gasteiger partial charge is 0.177 e. The van der Waals surface area contributed by atoms with Gasteiger partial charge < -0.3 is 4.90 Å². The summed E-state index contributed by atoms with van der Waals surface area (Å²) in [6.07, 6.45) is 3.49. The molecule has 3 atom stereocenters. The summed E-state index contributed by atoms with van der Waals surface area (Å²) >= 11 is 0. The lowest BCUT2D eigenvalue weighted by Crippen LogP contribution is -2.36. The zero-order chi connectivity index (χ0) is 20.1. The second-order valence-corrected chi connectivity index (χ2v) is 7.09. The van der Waals surface area contributed by atoms with Gasteiger partial charge in [0.05, 0.1) is 24.2 Å². The lowest BCUT2D eigenvalue weighted by Gasteiger charge is -2.34. The van der Waals surface area contributed by atoms with E-state index in [1.807, 2.05) is 18.2 Å². The van der Waals surface area contributed by atoms with Crippen molar-refractivity contribution in [1.82, 2.24) is 4.90 Å². The van der Waals surface area contributed by atoms with Gasteiger partial charge in [-0.25, -0.2) is 8.78 Å². The summed E-state index contributed by atoms with van der Waals surface area (Å²) in [5, 5.41) is 20.3. The normalized spacial score (nSPS) is 24.0. The van der Waals surface area contributed by atoms with Crippen LogP contribution in [0.1, 0.15) is 35.6 Å². The minimum Gasteiger partial charge on any atom is -0.357 e. The fourth-order valence-electron chi connectivity index (χ4n) is 4.55. The number of hydrogen-bond acceptors (Lipinski definition) is 4. The van der Waals surface area contributed by atoms with E-state index in [4.69, 9.17) is 0 Å². The average Bonchev–Trinajstić information content (AvgIpc) is 2.99. The fourth-order valence-corrected chi connectivity index (χ4v) is 4.55. The number of carbonyl (C=O) groups excluding carboxylic acids is 1. The largest absolute Gasteiger partial charge is 0.357 e. The summed E-state index contributed by atoms with van der Waals surface area (Å²) in [4.78, 5) is 14.3. The maximum Gasteiger partial charge on any atom is 0.177 e. The van der Waals surface area contributed by atoms with Crippen molar-refractivity contribution in [3.8, 4) is 12.1 Å². The van der Waals surface area contributed by atoms with Crippen molar-refractivity contribution in [3.05, 3.63) is 77.0 Å². The van der Waals surface area contributed by atoms with Crippen LogP contribution >= 0.6 is 0 Å². The number of halogens is 2. The quantitative estimate of drug-likeness (QED) is 0.793. The van der Waals surface area contributed by atoms with Crippen molar-refractivity contribution < 1.29 is 13.6 Å². The van der Waals surface area contributed by atoms with Gasteiger partial charge in [-0.3, -0.25) is 4.79 Å². The van der Waals surface area contributed by atoms with Gasteiger partial charge in [0.2, 0.25) is 0 Å². The van der Waals surface area contributed by atoms with Gasteiger partial charge in [0.25, 0.3) is 0 Å². The summed E-state index contributed by atoms with van der Waals surface area (Å²) < 4.78 is 28.2. The van der Waals surface area contributed by atoms with Gasteiger partial charge in [0.15, 0.2) is 11.2 Å². The first-order valence-corrected chi connectivity index (χ1v) is 8.77. The Balaban J connectivity index is 2.03. The summed E-state index contributed by atoms with van der Waals surface area (Å²) in [5.41, 5.74) is -0.175. The molecule has 2 aliphatic heterocycles. The number of hydrogen-bond donors (Lipinski definition) is 0. The van der Waals surface area contributed by atoms with Crippen molar-refractivity contribution in [2.45, 2.75) is 24.9 Å². The van der Waals surface area contributed by atoms with Crippen molar-refractivity contribution in [3.63, 3.8) is 0 Å². The predicted molar refractivity (Wildman–Crippen MR) is 97.3 cm³/mol. The molecule has 4 nitrogen and oxygen atoms in total. The third-order valence-electron chi connectivity index (χ3n) is 5.66. The maximum atomic E-state index is 14.7. The Bertz CT molecular complexity index is 1080. The van der Waals surface area contributed by atoms with Gasteiger partial charge in [-0.1, -0.05) is 30.3 Å². The summed E-state index contributed by atoms with van der Waals surface area (Å²) in [5.74, 6) is -3.00. The molecule has 28 heavy (non-hydrogen) atoms. The first-order valence-electron chi connectivity index (χ1n) is 8.77. The first kappa shape index (κ1) is 17.9. The van der Waals surface area contributed by atoms with Crippen LogP contribution in [0.5, 0.6) is 0 Å². The number of nitriles is 2. The number of carbonyl (C=O) groups is 1. The molecule has 0 spiro atoms. The van der Waals surface area contributed by atoms with Crippen LogP contribution in [0.3, 0.4) is 0 Å². The van der Waals surface area contributed by atoms with E-state index in [2.05, 4.69) is 12.1 Å². The van der Waals surface area contributed by atoms with E-state index in [1.54, 1.807) is 23.2 Å². The molecule has 0 bridgehead atoms. The lowest BCUT2D eigenvalue weighted by atomic mass is 9.67. The zero-order valence-corrected chi connectivity index (χ0v) is 14.9. The molecule has 0 saturated carbocycles. The molecule has 1 saturated heterocycles. The molecule has 0 aliphatic carbocycles. The number of rotatable bonds is 2. The highest BCUT2D eigenvalue weighted by molar-refractivity contribution is 5.85. The third kappa shape index (κ3) is 2.28. The van der Waals surface area contributed by atoms with Crippen molar-refractivity contribution >= 4 is 11.9 Å². The average molecular weight is 375 g/mol. The van der Waals surface area contributed by atoms with Gasteiger partial charge in [0, 0.05) is 18.2 Å². The van der Waals surface area contributed by atoms with Crippen molar-refractivity contribution in [2.75, 3.05) is 0 Å². The predicted octanol–water partition coefficient (Wildman–Crippen LogP) is 4.08. The van der Waals surface area contributed by atoms with Crippen molar-refractivity contribution in [1.29, 1.82) is 10.5 Å². The van der Waals surface area contributed by atoms with Crippen LogP contribution in [0, 0.1) is 39.7 Å². The van der Waals surface area contributed by atoms with Crippen molar-refractivity contribution in [2.24, 2.45) is 5.41 Å². The number of benzene rings is 2. The van der Waals surface area contributed by atoms with E-state index in [0.29, 0.717) is 6.07 Å². The Morgan fingerprint density at radius 1 is 1.11 bits per heavy atom. The Morgan fingerprint density at radius 3 is 2.46 bits per heavy atom. The number of fused-ring (bicyclic) bond motifs is 3. The monoisotopic (exact) mass is 375 g/mol. The molecular weight excluding hydrogens is 360 g/mol. The van der Waals surface area contributed by atoms with Crippen LogP contribution in [0.25, 0.3) is 6.08 Å². The van der Waals surface area contributed by atoms with Crippen LogP contribution in [-0.4, -0.2) is 16.7 Å². The maximum absolute atomic E-state index is 14.7. The second kappa shape index (κ2) is 6.28. The van der Waals surface area contributed by atoms with Gasteiger partial charge in [-0.05, 0) is 35.8 Å². The standard InChI is InChI=1S/C22H15F2N3O/c1-13(28)20-19(17-7-6-15(23)10-18(17)24)22(11-25,12-26)21-16-5-3-2-4-14(16)8-9-27(20)21/h2-10,19-21H,1H3/t19-,20-,21?/m1/s1. The molecule has 2 aromatic rings. The third-order valence-corrected chi connectivity index (χ3v) is 5.66. The van der Waals surface area contributed by atoms with E-state index in [9.17, 15) is 24.1 Å². The highest BCUT2D eigenvalue weighted by Gasteiger charge is 2.63. The summed E-state index contributed by atoms with van der Waals surface area (Å²) in [6, 6.07) is 12.8. The number of ketones is 1. The molecule has 1 unspecified atom stereocenters. The van der Waals surface area contributed by atoms with Crippen LogP contribution in [0.2, 0.25) is 0 Å². The van der Waals surface area contributed by atoms with Crippen LogP contribution in [-0.2, 0) is 4.79 Å². The van der Waals surface area contributed by atoms with E-state index in [0.717, 1.165) is 17.2 Å². The fraction of sp³-hybridized carbons (Fsp3) is 0.227. The molecule has 2 aliphatic rings. The molecule has 1 fully saturated rings. The topological polar surface area (TPSA) is 67.9 Å². The van der Waals surface area contributed by atoms with E-state index >= 15 is 0 Å². The summed E-state index contributed by atoms with van der Waals surface area (Å²) in [6.45, 7) is 1.36. The molecule has 0 N–H and O–H groups in total. The van der Waals surface area contributed by atoms with E-state index in [1.165, 1.54) is 13.0 Å². The molecule has 0 aromatic heterocycles. The minimum absolute atomic E-state index is 0.00928. The van der Waals surface area contributed by atoms with Crippen LogP contribution < -0.4 is 0 Å². The zero-order valence-electron chi connectivity index (χ0n) is 14.9.